The largest absolute Gasteiger partial charge is 0.479 e. The van der Waals surface area contributed by atoms with Crippen LogP contribution in [0, 0.1) is 50.2 Å². The van der Waals surface area contributed by atoms with E-state index < -0.39 is 165 Å². The summed E-state index contributed by atoms with van der Waals surface area (Å²) in [6.45, 7) is 15.6. The molecule has 28 atom stereocenters. The Morgan fingerprint density at radius 3 is 1.79 bits per heavy atom. The zero-order valence-corrected chi connectivity index (χ0v) is 45.3. The molecule has 4 saturated carbocycles. The van der Waals surface area contributed by atoms with Gasteiger partial charge in [0, 0.05) is 0 Å². The third kappa shape index (κ3) is 9.66. The van der Waals surface area contributed by atoms with Crippen molar-refractivity contribution in [1.82, 2.24) is 0 Å². The molecule has 8 fully saturated rings. The Morgan fingerprint density at radius 2 is 1.14 bits per heavy atom. The Kier molecular flexibility index (Phi) is 16.5. The first-order valence-electron chi connectivity index (χ1n) is 27.7. The quantitative estimate of drug-likeness (QED) is 0.0676. The van der Waals surface area contributed by atoms with Crippen molar-refractivity contribution < 1.29 is 114 Å². The molecule has 440 valence electrons. The molecule has 0 unspecified atom stereocenters. The monoisotopic (exact) mass is 1100 g/mol. The number of aliphatic hydroxyl groups is 12. The summed E-state index contributed by atoms with van der Waals surface area (Å²) in [4.78, 5) is 27.6. The summed E-state index contributed by atoms with van der Waals surface area (Å²) in [6.07, 6.45) is -25.2. The number of allylic oxidation sites excluding steroid dienone is 2. The van der Waals surface area contributed by atoms with E-state index in [4.69, 9.17) is 37.9 Å². The van der Waals surface area contributed by atoms with Gasteiger partial charge in [0.2, 0.25) is 6.29 Å². The molecule has 9 rings (SSSR count). The van der Waals surface area contributed by atoms with Crippen molar-refractivity contribution in [2.45, 2.75) is 249 Å². The molecule has 0 amide bonds. The van der Waals surface area contributed by atoms with E-state index in [1.54, 1.807) is 0 Å². The average Bonchev–Trinajstić information content (AvgIpc) is 3.37. The molecule has 9 aliphatic rings. The van der Waals surface area contributed by atoms with Crippen LogP contribution in [0.1, 0.15) is 120 Å². The van der Waals surface area contributed by atoms with Gasteiger partial charge in [0.25, 0.3) is 0 Å². The minimum Gasteiger partial charge on any atom is -0.479 e. The molecule has 0 bridgehead atoms. The second-order valence-corrected chi connectivity index (χ2v) is 26.3. The molecule has 0 aromatic rings. The number of carbonyl (C=O) groups excluding carboxylic acids is 1. The van der Waals surface area contributed by atoms with Gasteiger partial charge in [0.15, 0.2) is 25.0 Å². The SMILES string of the molecule is C[C@@H]1O[C@@H](O[C@H]2[C@H](O)[C@@H](O)[C@H](O[C@H]3[C@H](O)[C@@H](O)[C@H](O[C@H]4CC[C@]5(C)[C@H]6CC=C7[C@@H]8CC(C)(C)CC[C@]8(C(=O)O[C@@H]8O[C@H](CO)[C@H](O)[C@H](O)[C@H]8O)CC[C@@]7(C)[C@]6(C)CC[C@H]5C4(C)C)O[C@@H]3C(=O)O)O[C@@H]2CO)[C@H](O)[C@H](O)[C@H]1O. The summed E-state index contributed by atoms with van der Waals surface area (Å²) in [7, 11) is 0. The van der Waals surface area contributed by atoms with Crippen LogP contribution in [0.5, 0.6) is 0 Å². The van der Waals surface area contributed by atoms with Crippen LogP contribution in [-0.2, 0) is 47.5 Å². The normalized spacial score (nSPS) is 53.4. The number of hydrogen-bond acceptors (Lipinski definition) is 22. The lowest BCUT2D eigenvalue weighted by molar-refractivity contribution is -0.379. The van der Waals surface area contributed by atoms with Gasteiger partial charge in [0.1, 0.15) is 85.5 Å². The van der Waals surface area contributed by atoms with Crippen molar-refractivity contribution in [2.75, 3.05) is 13.2 Å². The first-order valence-corrected chi connectivity index (χ1v) is 27.7. The van der Waals surface area contributed by atoms with Crippen LogP contribution in [-0.4, -0.2) is 220 Å². The third-order valence-corrected chi connectivity index (χ3v) is 21.4. The summed E-state index contributed by atoms with van der Waals surface area (Å²) in [5.74, 6) is -2.05. The number of carboxylic acids is 1. The van der Waals surface area contributed by atoms with Crippen LogP contribution in [0.15, 0.2) is 11.6 Å². The van der Waals surface area contributed by atoms with E-state index in [1.165, 1.54) is 12.5 Å². The molecule has 13 N–H and O–H groups in total. The number of fused-ring (bicyclic) bond motifs is 7. The molecule has 23 nitrogen and oxygen atoms in total. The highest BCUT2D eigenvalue weighted by molar-refractivity contribution is 5.79. The van der Waals surface area contributed by atoms with Gasteiger partial charge in [0.05, 0.1) is 30.8 Å². The summed E-state index contributed by atoms with van der Waals surface area (Å²) >= 11 is 0. The predicted molar refractivity (Wildman–Crippen MR) is 262 cm³/mol. The lowest BCUT2D eigenvalue weighted by Crippen LogP contribution is -2.67. The van der Waals surface area contributed by atoms with Crippen LogP contribution < -0.4 is 0 Å². The van der Waals surface area contributed by atoms with Gasteiger partial charge in [-0.2, -0.15) is 0 Å². The van der Waals surface area contributed by atoms with Crippen molar-refractivity contribution in [3.05, 3.63) is 11.6 Å². The minimum atomic E-state index is -2.03. The van der Waals surface area contributed by atoms with Crippen molar-refractivity contribution in [1.29, 1.82) is 0 Å². The molecule has 0 spiro atoms. The van der Waals surface area contributed by atoms with E-state index in [2.05, 4.69) is 54.5 Å². The van der Waals surface area contributed by atoms with Crippen molar-refractivity contribution in [3.63, 3.8) is 0 Å². The summed E-state index contributed by atoms with van der Waals surface area (Å²) < 4.78 is 46.8. The highest BCUT2D eigenvalue weighted by Gasteiger charge is 2.70. The maximum Gasteiger partial charge on any atom is 0.335 e. The number of rotatable bonds is 11. The molecule has 4 aliphatic heterocycles. The van der Waals surface area contributed by atoms with Gasteiger partial charge in [-0.25, -0.2) is 4.79 Å². The predicted octanol–water partition coefficient (Wildman–Crippen LogP) is -0.915. The van der Waals surface area contributed by atoms with Crippen molar-refractivity contribution in [3.8, 4) is 0 Å². The van der Waals surface area contributed by atoms with Gasteiger partial charge < -0.3 is 104 Å². The van der Waals surface area contributed by atoms with Crippen molar-refractivity contribution in [2.24, 2.45) is 50.2 Å². The molecular formula is C54H86O23. The molecule has 0 radical (unpaired) electrons. The molecule has 4 heterocycles. The van der Waals surface area contributed by atoms with Gasteiger partial charge >= 0.3 is 11.9 Å². The van der Waals surface area contributed by atoms with E-state index in [1.807, 2.05) is 0 Å². The second kappa shape index (κ2) is 21.3. The fraction of sp³-hybridized carbons (Fsp3) is 0.926. The molecule has 0 aromatic carbocycles. The molecule has 77 heavy (non-hydrogen) atoms. The Hall–Kier alpha value is -2.08. The lowest BCUT2D eigenvalue weighted by atomic mass is 9.33. The standard InChI is InChI=1S/C54H86O23/c1-22-30(57)32(59)36(63)44(70-22)74-40-26(21-56)72-45(38(65)34(40)61)75-41-35(62)39(66)47(76-42(41)43(67)68)73-29-12-13-51(6)27(50(29,4)5)11-14-53(8)28(51)10-9-23-24-19-49(2,3)15-17-54(24,18-16-52(23,53)7)48(69)77-46-37(64)33(60)31(58)25(20-55)71-46/h9,22,24-42,44-47,55-66H,10-21H2,1-8H3,(H,67,68)/t22-,24-,25+,26+,27-,28+,29-,30-,31-,32+,33-,34+,35+,36+,37+,38+,39+,40+,41-,42-,44-,45-,46-,47+,51-,52+,53+,54-/m0/s1. The Morgan fingerprint density at radius 1 is 0.584 bits per heavy atom. The third-order valence-electron chi connectivity index (χ3n) is 21.4. The topological polar surface area (TPSA) is 371 Å². The maximum atomic E-state index is 14.7. The fourth-order valence-corrected chi connectivity index (χ4v) is 16.4. The van der Waals surface area contributed by atoms with E-state index >= 15 is 0 Å². The zero-order valence-electron chi connectivity index (χ0n) is 45.3. The number of aliphatic hydroxyl groups excluding tert-OH is 12. The van der Waals surface area contributed by atoms with E-state index in [0.29, 0.717) is 32.1 Å². The Balaban J connectivity index is 0.890. The van der Waals surface area contributed by atoms with Crippen LogP contribution in [0.2, 0.25) is 0 Å². The first-order chi connectivity index (χ1) is 35.9. The highest BCUT2D eigenvalue weighted by Crippen LogP contribution is 2.76. The smallest absolute Gasteiger partial charge is 0.335 e. The first kappa shape index (κ1) is 59.5. The Bertz CT molecular complexity index is 2180. The van der Waals surface area contributed by atoms with E-state index in [9.17, 15) is 76.0 Å². The summed E-state index contributed by atoms with van der Waals surface area (Å²) in [5, 5.41) is 139. The molecule has 23 heteroatoms. The van der Waals surface area contributed by atoms with E-state index in [0.717, 1.165) is 32.1 Å². The molecule has 4 saturated heterocycles. The number of carboxylic acid groups (broad SMARTS) is 1. The number of esters is 1. The number of hydrogen-bond donors (Lipinski definition) is 13. The Labute approximate surface area is 448 Å². The van der Waals surface area contributed by atoms with Crippen molar-refractivity contribution >= 4 is 11.9 Å². The highest BCUT2D eigenvalue weighted by atomic mass is 16.8. The van der Waals surface area contributed by atoms with Crippen LogP contribution in [0.4, 0.5) is 0 Å². The fourth-order valence-electron chi connectivity index (χ4n) is 16.4. The summed E-state index contributed by atoms with van der Waals surface area (Å²) in [6, 6.07) is 0. The van der Waals surface area contributed by atoms with Gasteiger partial charge in [-0.15, -0.1) is 0 Å². The second-order valence-electron chi connectivity index (χ2n) is 26.3. The maximum absolute atomic E-state index is 14.7. The number of carbonyl (C=O) groups is 2. The molecular weight excluding hydrogens is 1020 g/mol. The zero-order chi connectivity index (χ0) is 56.4. The average molecular weight is 1100 g/mol. The van der Waals surface area contributed by atoms with Crippen LogP contribution in [0.25, 0.3) is 0 Å². The lowest BCUT2D eigenvalue weighted by Gasteiger charge is -2.71. The summed E-state index contributed by atoms with van der Waals surface area (Å²) in [5.41, 5.74) is -1.13. The van der Waals surface area contributed by atoms with Gasteiger partial charge in [-0.1, -0.05) is 60.1 Å². The molecule has 0 aromatic heterocycles. The molecule has 5 aliphatic carbocycles. The van der Waals surface area contributed by atoms with Gasteiger partial charge in [-0.05, 0) is 116 Å². The van der Waals surface area contributed by atoms with Crippen LogP contribution >= 0.6 is 0 Å². The van der Waals surface area contributed by atoms with Gasteiger partial charge in [-0.3, -0.25) is 4.79 Å². The number of aliphatic carboxylic acids is 1. The van der Waals surface area contributed by atoms with Crippen LogP contribution in [0.3, 0.4) is 0 Å². The number of ether oxygens (including phenoxy) is 8. The minimum absolute atomic E-state index is 0.0730. The van der Waals surface area contributed by atoms with E-state index in [-0.39, 0.29) is 39.4 Å².